The fourth-order valence-electron chi connectivity index (χ4n) is 6.79. The molecule has 1 saturated heterocycles. The van der Waals surface area contributed by atoms with Crippen molar-refractivity contribution in [3.05, 3.63) is 41.5 Å². The van der Waals surface area contributed by atoms with Crippen molar-refractivity contribution in [1.29, 1.82) is 0 Å². The highest BCUT2D eigenvalue weighted by atomic mass is 16.5. The summed E-state index contributed by atoms with van der Waals surface area (Å²) >= 11 is 0. The van der Waals surface area contributed by atoms with Gasteiger partial charge in [0.1, 0.15) is 5.75 Å². The first-order valence-electron chi connectivity index (χ1n) is 13.6. The van der Waals surface area contributed by atoms with Crippen LogP contribution in [0.2, 0.25) is 0 Å². The Labute approximate surface area is 205 Å². The molecule has 0 aromatic heterocycles. The molecule has 0 unspecified atom stereocenters. The zero-order valence-corrected chi connectivity index (χ0v) is 21.1. The monoisotopic (exact) mass is 463 g/mol. The van der Waals surface area contributed by atoms with E-state index in [4.69, 9.17) is 9.47 Å². The topological polar surface area (TPSA) is 38.8 Å². The lowest BCUT2D eigenvalue weighted by molar-refractivity contribution is -0.149. The van der Waals surface area contributed by atoms with Crippen LogP contribution in [0.1, 0.15) is 82.3 Å². The summed E-state index contributed by atoms with van der Waals surface area (Å²) in [5.41, 5.74) is 3.24. The van der Waals surface area contributed by atoms with Gasteiger partial charge in [-0.05, 0) is 106 Å². The van der Waals surface area contributed by atoms with E-state index in [-0.39, 0.29) is 11.9 Å². The molecule has 3 aliphatic rings. The van der Waals surface area contributed by atoms with E-state index in [1.54, 1.807) is 0 Å². The molecule has 1 aliphatic heterocycles. The van der Waals surface area contributed by atoms with Crippen LogP contribution in [0.4, 0.5) is 0 Å². The van der Waals surface area contributed by atoms with Gasteiger partial charge in [-0.1, -0.05) is 37.1 Å². The van der Waals surface area contributed by atoms with Crippen LogP contribution in [0, 0.1) is 18.3 Å². The predicted molar refractivity (Wildman–Crippen MR) is 137 cm³/mol. The lowest BCUT2D eigenvalue weighted by Gasteiger charge is -2.38. The van der Waals surface area contributed by atoms with Gasteiger partial charge in [-0.3, -0.25) is 9.69 Å². The number of hydrogen-bond donors (Lipinski definition) is 0. The Kier molecular flexibility index (Phi) is 7.15. The molecule has 1 heterocycles. The van der Waals surface area contributed by atoms with Crippen molar-refractivity contribution in [3.63, 3.8) is 0 Å². The predicted octanol–water partition coefficient (Wildman–Crippen LogP) is 6.81. The van der Waals surface area contributed by atoms with Crippen molar-refractivity contribution in [1.82, 2.24) is 4.90 Å². The van der Waals surface area contributed by atoms with Gasteiger partial charge in [0.25, 0.3) is 0 Å². The minimum absolute atomic E-state index is 0.0238. The first kappa shape index (κ1) is 23.7. The van der Waals surface area contributed by atoms with E-state index >= 15 is 0 Å². The number of benzene rings is 2. The van der Waals surface area contributed by atoms with E-state index in [2.05, 4.69) is 42.2 Å². The van der Waals surface area contributed by atoms with E-state index in [9.17, 15) is 4.79 Å². The molecule has 0 N–H and O–H groups in total. The number of rotatable bonds is 6. The summed E-state index contributed by atoms with van der Waals surface area (Å²) in [4.78, 5) is 14.7. The molecule has 2 aromatic rings. The lowest BCUT2D eigenvalue weighted by atomic mass is 9.72. The van der Waals surface area contributed by atoms with Gasteiger partial charge in [0, 0.05) is 12.1 Å². The van der Waals surface area contributed by atoms with Crippen molar-refractivity contribution in [3.8, 4) is 5.75 Å². The summed E-state index contributed by atoms with van der Waals surface area (Å²) < 4.78 is 12.1. The molecule has 4 nitrogen and oxygen atoms in total. The maximum atomic E-state index is 12.2. The molecule has 1 spiro atoms. The van der Waals surface area contributed by atoms with Crippen LogP contribution in [0.3, 0.4) is 0 Å². The normalized spacial score (nSPS) is 21.8. The van der Waals surface area contributed by atoms with Gasteiger partial charge in [0.05, 0.1) is 18.6 Å². The number of hydrogen-bond acceptors (Lipinski definition) is 4. The Morgan fingerprint density at radius 3 is 2.35 bits per heavy atom. The fourth-order valence-corrected chi connectivity index (χ4v) is 6.79. The number of carbonyl (C=O) groups is 1. The van der Waals surface area contributed by atoms with Gasteiger partial charge in [-0.15, -0.1) is 0 Å². The van der Waals surface area contributed by atoms with Gasteiger partial charge in [0.15, 0.2) is 0 Å². The number of ether oxygens (including phenoxy) is 2. The summed E-state index contributed by atoms with van der Waals surface area (Å²) in [6.07, 6.45) is 12.9. The van der Waals surface area contributed by atoms with E-state index < -0.39 is 0 Å². The zero-order valence-electron chi connectivity index (χ0n) is 21.1. The second-order valence-electron chi connectivity index (χ2n) is 11.0. The molecule has 0 radical (unpaired) electrons. The Bertz CT molecular complexity index is 992. The number of fused-ring (bicyclic) bond motifs is 1. The van der Waals surface area contributed by atoms with E-state index in [1.807, 2.05) is 6.92 Å². The van der Waals surface area contributed by atoms with E-state index in [0.717, 1.165) is 38.2 Å². The molecule has 5 rings (SSSR count). The summed E-state index contributed by atoms with van der Waals surface area (Å²) in [7, 11) is 0. The molecule has 2 aromatic carbocycles. The largest absolute Gasteiger partial charge is 0.490 e. The summed E-state index contributed by atoms with van der Waals surface area (Å²) in [6, 6.07) is 11.0. The van der Waals surface area contributed by atoms with Crippen molar-refractivity contribution in [2.75, 3.05) is 19.7 Å². The van der Waals surface area contributed by atoms with Crippen molar-refractivity contribution in [2.45, 2.75) is 90.7 Å². The van der Waals surface area contributed by atoms with Crippen LogP contribution in [0.15, 0.2) is 30.3 Å². The number of carbonyl (C=O) groups excluding carboxylic acids is 1. The molecule has 3 fully saturated rings. The van der Waals surface area contributed by atoms with Crippen LogP contribution in [0.25, 0.3) is 10.8 Å². The van der Waals surface area contributed by atoms with E-state index in [1.165, 1.54) is 73.3 Å². The minimum Gasteiger partial charge on any atom is -0.490 e. The van der Waals surface area contributed by atoms with Gasteiger partial charge in [0.2, 0.25) is 0 Å². The maximum Gasteiger partial charge on any atom is 0.309 e. The third-order valence-corrected chi connectivity index (χ3v) is 8.86. The zero-order chi connectivity index (χ0) is 23.5. The standard InChI is InChI=1S/C30H41NO3/c1-3-33-29(32)23-12-18-31(19-13-23)21-27-26-9-5-4-8-25(26)22(2)20-28(27)34-24-10-16-30(17-11-24)14-6-7-15-30/h4-5,8-9,20,23-24H,3,6-7,10-19,21H2,1-2H3. The molecule has 2 saturated carbocycles. The summed E-state index contributed by atoms with van der Waals surface area (Å²) in [5.74, 6) is 1.10. The van der Waals surface area contributed by atoms with Crippen LogP contribution in [-0.4, -0.2) is 36.7 Å². The molecule has 0 bridgehead atoms. The molecule has 184 valence electrons. The average molecular weight is 464 g/mol. The molecule has 0 atom stereocenters. The first-order chi connectivity index (χ1) is 16.6. The number of esters is 1. The van der Waals surface area contributed by atoms with Crippen molar-refractivity contribution in [2.24, 2.45) is 11.3 Å². The molecule has 2 aliphatic carbocycles. The SMILES string of the molecule is CCOC(=O)C1CCN(Cc2c(OC3CCC4(CCCC4)CC3)cc(C)c3ccccc23)CC1. The first-order valence-corrected chi connectivity index (χ1v) is 13.6. The van der Waals surface area contributed by atoms with Gasteiger partial charge >= 0.3 is 5.97 Å². The molecule has 4 heteroatoms. The maximum absolute atomic E-state index is 12.2. The smallest absolute Gasteiger partial charge is 0.309 e. The Hall–Kier alpha value is -2.07. The summed E-state index contributed by atoms with van der Waals surface area (Å²) in [6.45, 7) is 7.29. The molecular weight excluding hydrogens is 422 g/mol. The van der Waals surface area contributed by atoms with Crippen molar-refractivity contribution < 1.29 is 14.3 Å². The lowest BCUT2D eigenvalue weighted by Crippen LogP contribution is -2.36. The second kappa shape index (κ2) is 10.3. The molecule has 34 heavy (non-hydrogen) atoms. The highest BCUT2D eigenvalue weighted by Crippen LogP contribution is 2.49. The average Bonchev–Trinajstić information content (AvgIpc) is 3.32. The van der Waals surface area contributed by atoms with Gasteiger partial charge in [-0.2, -0.15) is 0 Å². The van der Waals surface area contributed by atoms with Gasteiger partial charge < -0.3 is 9.47 Å². The Morgan fingerprint density at radius 1 is 1.00 bits per heavy atom. The minimum atomic E-state index is -0.0238. The van der Waals surface area contributed by atoms with Gasteiger partial charge in [-0.25, -0.2) is 0 Å². The quantitative estimate of drug-likeness (QED) is 0.441. The third-order valence-electron chi connectivity index (χ3n) is 8.86. The second-order valence-corrected chi connectivity index (χ2v) is 11.0. The number of piperidine rings is 1. The highest BCUT2D eigenvalue weighted by molar-refractivity contribution is 5.90. The molecular formula is C30H41NO3. The van der Waals surface area contributed by atoms with Crippen LogP contribution >= 0.6 is 0 Å². The summed E-state index contributed by atoms with van der Waals surface area (Å²) in [5, 5.41) is 2.63. The van der Waals surface area contributed by atoms with Crippen LogP contribution in [0.5, 0.6) is 5.75 Å². The number of nitrogens with zero attached hydrogens (tertiary/aromatic N) is 1. The van der Waals surface area contributed by atoms with E-state index in [0.29, 0.717) is 18.1 Å². The molecule has 0 amide bonds. The fraction of sp³-hybridized carbons (Fsp3) is 0.633. The Balaban J connectivity index is 1.33. The van der Waals surface area contributed by atoms with Crippen LogP contribution < -0.4 is 4.74 Å². The third kappa shape index (κ3) is 4.98. The van der Waals surface area contributed by atoms with Crippen molar-refractivity contribution >= 4 is 16.7 Å². The number of aryl methyl sites for hydroxylation is 1. The highest BCUT2D eigenvalue weighted by Gasteiger charge is 2.38. The van der Waals surface area contributed by atoms with Crippen LogP contribution in [-0.2, 0) is 16.1 Å². The number of likely N-dealkylation sites (tertiary alicyclic amines) is 1. The Morgan fingerprint density at radius 2 is 1.68 bits per heavy atom.